The standard InChI is InChI=1S/C13H14N2O4/c1-18-11-5-8-9(6-12(11)19-2)15(7-13(14)17)4-3-10(8)16/h3-6H,7H2,1-2H3,(H2,14,17). The van der Waals surface area contributed by atoms with E-state index in [9.17, 15) is 9.59 Å². The Kier molecular flexibility index (Phi) is 3.41. The van der Waals surface area contributed by atoms with Crippen molar-refractivity contribution >= 4 is 16.8 Å². The van der Waals surface area contributed by atoms with Crippen molar-refractivity contribution in [3.8, 4) is 11.5 Å². The molecule has 0 unspecified atom stereocenters. The molecule has 0 atom stereocenters. The molecule has 1 aromatic heterocycles. The summed E-state index contributed by atoms with van der Waals surface area (Å²) >= 11 is 0. The number of rotatable bonds is 4. The van der Waals surface area contributed by atoms with Crippen LogP contribution in [0.3, 0.4) is 0 Å². The van der Waals surface area contributed by atoms with E-state index in [4.69, 9.17) is 15.2 Å². The highest BCUT2D eigenvalue weighted by atomic mass is 16.5. The molecule has 6 nitrogen and oxygen atoms in total. The van der Waals surface area contributed by atoms with Crippen LogP contribution in [0.25, 0.3) is 10.9 Å². The van der Waals surface area contributed by atoms with Gasteiger partial charge in [-0.15, -0.1) is 0 Å². The van der Waals surface area contributed by atoms with Gasteiger partial charge < -0.3 is 19.8 Å². The van der Waals surface area contributed by atoms with Crippen LogP contribution in [-0.4, -0.2) is 24.7 Å². The molecule has 0 fully saturated rings. The molecule has 2 aromatic rings. The molecule has 6 heteroatoms. The first-order valence-corrected chi connectivity index (χ1v) is 5.60. The van der Waals surface area contributed by atoms with Crippen molar-refractivity contribution in [3.05, 3.63) is 34.6 Å². The molecule has 0 saturated heterocycles. The normalized spacial score (nSPS) is 10.4. The van der Waals surface area contributed by atoms with Gasteiger partial charge in [-0.3, -0.25) is 9.59 Å². The Labute approximate surface area is 109 Å². The van der Waals surface area contributed by atoms with Crippen LogP contribution in [0.5, 0.6) is 11.5 Å². The molecular formula is C13H14N2O4. The second-order valence-electron chi connectivity index (χ2n) is 4.00. The average Bonchev–Trinajstić information content (AvgIpc) is 2.40. The Morgan fingerprint density at radius 1 is 1.26 bits per heavy atom. The number of pyridine rings is 1. The molecule has 0 saturated carbocycles. The lowest BCUT2D eigenvalue weighted by atomic mass is 10.2. The van der Waals surface area contributed by atoms with E-state index in [-0.39, 0.29) is 12.0 Å². The van der Waals surface area contributed by atoms with Gasteiger partial charge in [0.25, 0.3) is 0 Å². The van der Waals surface area contributed by atoms with Crippen LogP contribution < -0.4 is 20.6 Å². The van der Waals surface area contributed by atoms with Crippen LogP contribution in [0.15, 0.2) is 29.2 Å². The molecular weight excluding hydrogens is 248 g/mol. The molecule has 100 valence electrons. The minimum absolute atomic E-state index is 0.00768. The number of nitrogens with two attached hydrogens (primary N) is 1. The summed E-state index contributed by atoms with van der Waals surface area (Å²) in [7, 11) is 3.00. The van der Waals surface area contributed by atoms with Crippen LogP contribution >= 0.6 is 0 Å². The van der Waals surface area contributed by atoms with Gasteiger partial charge in [-0.05, 0) is 6.07 Å². The predicted octanol–water partition coefficient (Wildman–Crippen LogP) is 0.504. The third-order valence-electron chi connectivity index (χ3n) is 2.81. The number of hydrogen-bond donors (Lipinski definition) is 1. The lowest BCUT2D eigenvalue weighted by Crippen LogP contribution is -2.20. The first kappa shape index (κ1) is 12.9. The van der Waals surface area contributed by atoms with Gasteiger partial charge in [0.2, 0.25) is 5.91 Å². The van der Waals surface area contributed by atoms with E-state index >= 15 is 0 Å². The van der Waals surface area contributed by atoms with Crippen LogP contribution in [0, 0.1) is 0 Å². The number of carbonyl (C=O) groups excluding carboxylic acids is 1. The molecule has 0 aliphatic heterocycles. The van der Waals surface area contributed by atoms with Crippen LogP contribution in [0.2, 0.25) is 0 Å². The highest BCUT2D eigenvalue weighted by molar-refractivity contribution is 5.84. The summed E-state index contributed by atoms with van der Waals surface area (Å²) in [4.78, 5) is 22.9. The maximum atomic E-state index is 11.9. The molecule has 2 rings (SSSR count). The molecule has 1 amide bonds. The van der Waals surface area contributed by atoms with Gasteiger partial charge in [0.05, 0.1) is 19.7 Å². The number of benzene rings is 1. The Morgan fingerprint density at radius 2 is 1.89 bits per heavy atom. The number of carbonyl (C=O) groups is 1. The van der Waals surface area contributed by atoms with Crippen molar-refractivity contribution in [1.29, 1.82) is 0 Å². The molecule has 2 N–H and O–H groups in total. The highest BCUT2D eigenvalue weighted by Crippen LogP contribution is 2.30. The Morgan fingerprint density at radius 3 is 2.47 bits per heavy atom. The molecule has 1 heterocycles. The summed E-state index contributed by atoms with van der Waals surface area (Å²) in [5.41, 5.74) is 5.60. The number of nitrogens with zero attached hydrogens (tertiary/aromatic N) is 1. The van der Waals surface area contributed by atoms with Crippen molar-refractivity contribution in [2.24, 2.45) is 5.73 Å². The minimum atomic E-state index is -0.486. The van der Waals surface area contributed by atoms with Gasteiger partial charge in [0.1, 0.15) is 6.54 Å². The predicted molar refractivity (Wildman–Crippen MR) is 70.5 cm³/mol. The summed E-state index contributed by atoms with van der Waals surface area (Å²) in [6.07, 6.45) is 1.53. The molecule has 0 spiro atoms. The summed E-state index contributed by atoms with van der Waals surface area (Å²) < 4.78 is 11.9. The zero-order valence-corrected chi connectivity index (χ0v) is 10.7. The highest BCUT2D eigenvalue weighted by Gasteiger charge is 2.11. The molecule has 0 radical (unpaired) electrons. The fourth-order valence-electron chi connectivity index (χ4n) is 1.94. The quantitative estimate of drug-likeness (QED) is 0.869. The number of primary amides is 1. The largest absolute Gasteiger partial charge is 0.493 e. The van der Waals surface area contributed by atoms with Gasteiger partial charge in [-0.1, -0.05) is 0 Å². The van der Waals surface area contributed by atoms with Gasteiger partial charge in [0.15, 0.2) is 16.9 Å². The summed E-state index contributed by atoms with van der Waals surface area (Å²) in [6, 6.07) is 4.63. The molecule has 19 heavy (non-hydrogen) atoms. The van der Waals surface area contributed by atoms with Crippen molar-refractivity contribution in [2.75, 3.05) is 14.2 Å². The molecule has 1 aromatic carbocycles. The number of amides is 1. The molecule has 0 bridgehead atoms. The van der Waals surface area contributed by atoms with Crippen molar-refractivity contribution in [2.45, 2.75) is 6.54 Å². The number of fused-ring (bicyclic) bond motifs is 1. The maximum Gasteiger partial charge on any atom is 0.237 e. The summed E-state index contributed by atoms with van der Waals surface area (Å²) in [6.45, 7) is -0.00768. The SMILES string of the molecule is COc1cc2c(=O)ccn(CC(N)=O)c2cc1OC. The maximum absolute atomic E-state index is 11.9. The topological polar surface area (TPSA) is 83.5 Å². The number of ether oxygens (including phenoxy) is 2. The lowest BCUT2D eigenvalue weighted by molar-refractivity contribution is -0.118. The lowest BCUT2D eigenvalue weighted by Gasteiger charge is -2.12. The Hall–Kier alpha value is -2.50. The monoisotopic (exact) mass is 262 g/mol. The van der Waals surface area contributed by atoms with Crippen LogP contribution in [0.1, 0.15) is 0 Å². The summed E-state index contributed by atoms with van der Waals surface area (Å²) in [5.74, 6) is 0.461. The number of hydrogen-bond acceptors (Lipinski definition) is 4. The minimum Gasteiger partial charge on any atom is -0.493 e. The zero-order chi connectivity index (χ0) is 14.0. The van der Waals surface area contributed by atoms with Crippen molar-refractivity contribution < 1.29 is 14.3 Å². The van der Waals surface area contributed by atoms with E-state index in [1.165, 1.54) is 26.5 Å². The smallest absolute Gasteiger partial charge is 0.237 e. The van der Waals surface area contributed by atoms with Gasteiger partial charge in [-0.25, -0.2) is 0 Å². The first-order valence-electron chi connectivity index (χ1n) is 5.60. The summed E-state index contributed by atoms with van der Waals surface area (Å²) in [5, 5.41) is 0.446. The van der Waals surface area contributed by atoms with Crippen molar-refractivity contribution in [3.63, 3.8) is 0 Å². The molecule has 0 aliphatic carbocycles. The van der Waals surface area contributed by atoms with Gasteiger partial charge >= 0.3 is 0 Å². The van der Waals surface area contributed by atoms with Crippen molar-refractivity contribution in [1.82, 2.24) is 4.57 Å². The van der Waals surface area contributed by atoms with Gasteiger partial charge in [0, 0.05) is 23.7 Å². The van der Waals surface area contributed by atoms with E-state index in [1.807, 2.05) is 0 Å². The third kappa shape index (κ3) is 2.37. The fourth-order valence-corrected chi connectivity index (χ4v) is 1.94. The second-order valence-corrected chi connectivity index (χ2v) is 4.00. The first-order chi connectivity index (χ1) is 9.06. The Balaban J connectivity index is 2.77. The van der Waals surface area contributed by atoms with E-state index in [0.717, 1.165) is 0 Å². The second kappa shape index (κ2) is 5.01. The molecule has 0 aliphatic rings. The zero-order valence-electron chi connectivity index (χ0n) is 10.7. The average molecular weight is 262 g/mol. The van der Waals surface area contributed by atoms with Gasteiger partial charge in [-0.2, -0.15) is 0 Å². The fraction of sp³-hybridized carbons (Fsp3) is 0.231. The van der Waals surface area contributed by atoms with E-state index < -0.39 is 5.91 Å². The number of methoxy groups -OCH3 is 2. The van der Waals surface area contributed by atoms with Crippen LogP contribution in [0.4, 0.5) is 0 Å². The van der Waals surface area contributed by atoms with E-state index in [1.54, 1.807) is 16.7 Å². The van der Waals surface area contributed by atoms with E-state index in [2.05, 4.69) is 0 Å². The Bertz CT molecular complexity index is 691. The number of aromatic nitrogens is 1. The van der Waals surface area contributed by atoms with Crippen LogP contribution in [-0.2, 0) is 11.3 Å². The third-order valence-corrected chi connectivity index (χ3v) is 2.81. The van der Waals surface area contributed by atoms with E-state index in [0.29, 0.717) is 22.4 Å².